The zero-order valence-electron chi connectivity index (χ0n) is 16.8. The van der Waals surface area contributed by atoms with Gasteiger partial charge in [0.05, 0.1) is 23.3 Å². The number of ether oxygens (including phenoxy) is 1. The Bertz CT molecular complexity index is 1220. The van der Waals surface area contributed by atoms with Crippen molar-refractivity contribution < 1.29 is 23.5 Å². The van der Waals surface area contributed by atoms with Gasteiger partial charge in [0, 0.05) is 15.6 Å². The minimum atomic E-state index is -0.648. The van der Waals surface area contributed by atoms with Crippen LogP contribution >= 0.6 is 27.5 Å². The van der Waals surface area contributed by atoms with E-state index >= 15 is 0 Å². The van der Waals surface area contributed by atoms with Crippen LogP contribution in [0.15, 0.2) is 76.3 Å². The number of nitrogens with zero attached hydrogens (tertiary/aromatic N) is 1. The molecular weight excluding hydrogens is 517 g/mol. The zero-order chi connectivity index (χ0) is 23.8. The maximum Gasteiger partial charge on any atom is 0.345 e. The Hall–Kier alpha value is -3.56. The first kappa shape index (κ1) is 24.1. The molecule has 0 atom stereocenters. The van der Waals surface area contributed by atoms with Crippen LogP contribution in [0.2, 0.25) is 5.02 Å². The molecule has 0 unspecified atom stereocenters. The highest BCUT2D eigenvalue weighted by Crippen LogP contribution is 2.24. The number of hydrazone groups is 1. The van der Waals surface area contributed by atoms with E-state index in [1.54, 1.807) is 36.4 Å². The van der Waals surface area contributed by atoms with Crippen molar-refractivity contribution in [1.82, 2.24) is 10.7 Å². The van der Waals surface area contributed by atoms with Gasteiger partial charge >= 0.3 is 5.97 Å². The van der Waals surface area contributed by atoms with Gasteiger partial charge in [0.25, 0.3) is 11.8 Å². The molecule has 7 nitrogen and oxygen atoms in total. The van der Waals surface area contributed by atoms with Crippen molar-refractivity contribution in [3.8, 4) is 5.75 Å². The summed E-state index contributed by atoms with van der Waals surface area (Å²) in [7, 11) is 0. The molecule has 0 aliphatic heterocycles. The normalized spacial score (nSPS) is 10.6. The molecule has 10 heteroatoms. The van der Waals surface area contributed by atoms with Crippen LogP contribution in [-0.4, -0.2) is 30.5 Å². The van der Waals surface area contributed by atoms with E-state index in [0.717, 1.165) is 12.1 Å². The summed E-state index contributed by atoms with van der Waals surface area (Å²) >= 11 is 9.36. The Morgan fingerprint density at radius 3 is 2.52 bits per heavy atom. The minimum Gasteiger partial charge on any atom is -0.422 e. The molecule has 0 aliphatic carbocycles. The van der Waals surface area contributed by atoms with Crippen molar-refractivity contribution in [3.05, 3.63) is 98.7 Å². The fraction of sp³-hybridized carbons (Fsp3) is 0.0435. The van der Waals surface area contributed by atoms with E-state index in [4.69, 9.17) is 16.3 Å². The van der Waals surface area contributed by atoms with Crippen LogP contribution in [0.1, 0.15) is 26.3 Å². The number of halogens is 3. The third-order valence-corrected chi connectivity index (χ3v) is 5.00. The van der Waals surface area contributed by atoms with Crippen molar-refractivity contribution >= 4 is 51.5 Å². The van der Waals surface area contributed by atoms with Crippen LogP contribution in [0.25, 0.3) is 0 Å². The third-order valence-electron chi connectivity index (χ3n) is 4.18. The molecule has 3 rings (SSSR count). The molecule has 3 aromatic rings. The summed E-state index contributed by atoms with van der Waals surface area (Å²) in [6.45, 7) is -0.347. The van der Waals surface area contributed by atoms with Gasteiger partial charge in [0.1, 0.15) is 11.6 Å². The molecule has 2 amide bonds. The molecule has 0 saturated carbocycles. The minimum absolute atomic E-state index is 0.200. The average Bonchev–Trinajstić information content (AvgIpc) is 2.80. The number of esters is 1. The number of rotatable bonds is 7. The average molecular weight is 533 g/mol. The number of carbonyl (C=O) groups excluding carboxylic acids is 3. The van der Waals surface area contributed by atoms with Crippen LogP contribution in [0.3, 0.4) is 0 Å². The van der Waals surface area contributed by atoms with Gasteiger partial charge < -0.3 is 10.1 Å². The third kappa shape index (κ3) is 6.96. The summed E-state index contributed by atoms with van der Waals surface area (Å²) in [5.41, 5.74) is 3.09. The van der Waals surface area contributed by atoms with Crippen LogP contribution in [0.4, 0.5) is 4.39 Å². The van der Waals surface area contributed by atoms with Crippen LogP contribution in [-0.2, 0) is 4.79 Å². The van der Waals surface area contributed by atoms with Gasteiger partial charge in [-0.25, -0.2) is 14.6 Å². The van der Waals surface area contributed by atoms with E-state index in [2.05, 4.69) is 31.8 Å². The van der Waals surface area contributed by atoms with Gasteiger partial charge in [0.2, 0.25) is 0 Å². The Morgan fingerprint density at radius 1 is 1.06 bits per heavy atom. The van der Waals surface area contributed by atoms with Gasteiger partial charge in [-0.05, 0) is 54.6 Å². The molecule has 0 radical (unpaired) electrons. The smallest absolute Gasteiger partial charge is 0.345 e. The van der Waals surface area contributed by atoms with Crippen molar-refractivity contribution in [1.29, 1.82) is 0 Å². The van der Waals surface area contributed by atoms with Gasteiger partial charge in [-0.15, -0.1) is 0 Å². The maximum atomic E-state index is 12.9. The van der Waals surface area contributed by atoms with Crippen LogP contribution in [0.5, 0.6) is 5.75 Å². The van der Waals surface area contributed by atoms with Gasteiger partial charge in [-0.2, -0.15) is 5.10 Å². The lowest BCUT2D eigenvalue weighted by Gasteiger charge is -2.09. The lowest BCUT2D eigenvalue weighted by molar-refractivity contribution is -0.120. The summed E-state index contributed by atoms with van der Waals surface area (Å²) in [4.78, 5) is 36.4. The van der Waals surface area contributed by atoms with Crippen molar-refractivity contribution in [3.63, 3.8) is 0 Å². The first-order valence-corrected chi connectivity index (χ1v) is 10.6. The topological polar surface area (TPSA) is 96.9 Å². The second kappa shape index (κ2) is 11.3. The van der Waals surface area contributed by atoms with E-state index in [1.165, 1.54) is 24.4 Å². The molecule has 0 saturated heterocycles. The second-order valence-electron chi connectivity index (χ2n) is 6.53. The molecule has 0 spiro atoms. The van der Waals surface area contributed by atoms with E-state index in [1.807, 2.05) is 0 Å². The number of hydrogen-bond donors (Lipinski definition) is 2. The summed E-state index contributed by atoms with van der Waals surface area (Å²) in [5.74, 6) is -2.04. The number of carbonyl (C=O) groups is 3. The van der Waals surface area contributed by atoms with Crippen molar-refractivity contribution in [2.24, 2.45) is 5.10 Å². The van der Waals surface area contributed by atoms with Crippen LogP contribution in [0, 0.1) is 5.82 Å². The van der Waals surface area contributed by atoms with E-state index in [0.29, 0.717) is 10.0 Å². The fourth-order valence-electron chi connectivity index (χ4n) is 2.57. The first-order valence-electron chi connectivity index (χ1n) is 9.45. The summed E-state index contributed by atoms with van der Waals surface area (Å²) < 4.78 is 19.0. The summed E-state index contributed by atoms with van der Waals surface area (Å²) in [6.07, 6.45) is 1.29. The number of nitrogens with one attached hydrogen (secondary N) is 2. The molecule has 0 aromatic heterocycles. The van der Waals surface area contributed by atoms with Gasteiger partial charge in [0.15, 0.2) is 0 Å². The van der Waals surface area contributed by atoms with Crippen LogP contribution < -0.4 is 15.5 Å². The Morgan fingerprint density at radius 2 is 1.79 bits per heavy atom. The van der Waals surface area contributed by atoms with E-state index in [9.17, 15) is 18.8 Å². The van der Waals surface area contributed by atoms with Crippen molar-refractivity contribution in [2.45, 2.75) is 0 Å². The highest BCUT2D eigenvalue weighted by molar-refractivity contribution is 9.10. The molecule has 0 fully saturated rings. The first-order chi connectivity index (χ1) is 15.8. The lowest BCUT2D eigenvalue weighted by atomic mass is 10.2. The number of hydrogen-bond acceptors (Lipinski definition) is 5. The zero-order valence-corrected chi connectivity index (χ0v) is 19.2. The predicted molar refractivity (Wildman–Crippen MR) is 125 cm³/mol. The molecule has 0 aliphatic rings. The fourth-order valence-corrected chi connectivity index (χ4v) is 3.16. The largest absolute Gasteiger partial charge is 0.422 e. The molecule has 168 valence electrons. The molecule has 2 N–H and O–H groups in total. The standard InChI is InChI=1S/C23H16BrClFN3O4/c24-16-7-10-20(33-23(32)18-3-1-2-4-19(18)25)15(11-16)12-28-29-21(30)13-27-22(31)14-5-8-17(26)9-6-14/h1-12H,13H2,(H,27,31)(H,29,30)/b28-12+. The summed E-state index contributed by atoms with van der Waals surface area (Å²) in [5, 5.41) is 6.49. The Balaban J connectivity index is 1.60. The maximum absolute atomic E-state index is 12.9. The second-order valence-corrected chi connectivity index (χ2v) is 7.86. The SMILES string of the molecule is O=C(CNC(=O)c1ccc(F)cc1)N/N=C/c1cc(Br)ccc1OC(=O)c1ccccc1Cl. The molecular formula is C23H16BrClFN3O4. The molecule has 3 aromatic carbocycles. The van der Waals surface area contributed by atoms with Gasteiger partial charge in [-0.3, -0.25) is 9.59 Å². The molecule has 33 heavy (non-hydrogen) atoms. The summed E-state index contributed by atoms with van der Waals surface area (Å²) in [6, 6.07) is 16.3. The highest BCUT2D eigenvalue weighted by atomic mass is 79.9. The van der Waals surface area contributed by atoms with E-state index < -0.39 is 23.6 Å². The molecule has 0 heterocycles. The predicted octanol–water partition coefficient (Wildman–Crippen LogP) is 4.34. The highest BCUT2D eigenvalue weighted by Gasteiger charge is 2.14. The Kier molecular flexibility index (Phi) is 8.28. The monoisotopic (exact) mass is 531 g/mol. The van der Waals surface area contributed by atoms with Crippen molar-refractivity contribution in [2.75, 3.05) is 6.54 Å². The quantitative estimate of drug-likeness (QED) is 0.205. The Labute approximate surface area is 201 Å². The van der Waals surface area contributed by atoms with Gasteiger partial charge in [-0.1, -0.05) is 39.7 Å². The number of benzene rings is 3. The lowest BCUT2D eigenvalue weighted by Crippen LogP contribution is -2.34. The number of amides is 2. The van der Waals surface area contributed by atoms with E-state index in [-0.39, 0.29) is 28.4 Å². The molecule has 0 bridgehead atoms.